The Hall–Kier alpha value is -0.870. The molecule has 1 unspecified atom stereocenters. The molecule has 0 aromatic rings. The summed E-state index contributed by atoms with van der Waals surface area (Å²) in [6.07, 6.45) is 4.28. The van der Waals surface area contributed by atoms with Crippen molar-refractivity contribution >= 4 is 5.91 Å². The summed E-state index contributed by atoms with van der Waals surface area (Å²) < 4.78 is 4.88. The molecule has 1 atom stereocenters. The van der Waals surface area contributed by atoms with Crippen molar-refractivity contribution < 1.29 is 9.53 Å². The molecule has 0 saturated carbocycles. The van der Waals surface area contributed by atoms with Crippen molar-refractivity contribution in [2.24, 2.45) is 5.73 Å². The molecule has 0 aliphatic rings. The molecule has 0 aliphatic carbocycles. The average molecular weight is 214 g/mol. The number of ether oxygens (including phenoxy) is 1. The molecule has 0 aromatic heterocycles. The molecule has 0 bridgehead atoms. The summed E-state index contributed by atoms with van der Waals surface area (Å²) in [4.78, 5) is 13.3. The van der Waals surface area contributed by atoms with Gasteiger partial charge in [0.1, 0.15) is 0 Å². The van der Waals surface area contributed by atoms with Crippen LogP contribution in [0.5, 0.6) is 0 Å². The summed E-state index contributed by atoms with van der Waals surface area (Å²) in [6, 6.07) is -0.446. The van der Waals surface area contributed by atoms with Crippen LogP contribution in [-0.4, -0.2) is 44.2 Å². The highest BCUT2D eigenvalue weighted by molar-refractivity contribution is 5.81. The van der Waals surface area contributed by atoms with Crippen LogP contribution in [0.3, 0.4) is 0 Å². The number of allylic oxidation sites excluding steroid dienone is 1. The van der Waals surface area contributed by atoms with Crippen molar-refractivity contribution in [3.63, 3.8) is 0 Å². The van der Waals surface area contributed by atoms with Gasteiger partial charge in [0.2, 0.25) is 5.91 Å². The van der Waals surface area contributed by atoms with Crippen molar-refractivity contribution in [3.05, 3.63) is 12.7 Å². The monoisotopic (exact) mass is 214 g/mol. The SMILES string of the molecule is C=CCCCN(C)C(=O)C(N)CCOC. The van der Waals surface area contributed by atoms with Crippen molar-refractivity contribution in [3.8, 4) is 0 Å². The molecule has 4 heteroatoms. The van der Waals surface area contributed by atoms with Gasteiger partial charge in [-0.2, -0.15) is 0 Å². The van der Waals surface area contributed by atoms with Gasteiger partial charge in [-0.05, 0) is 19.3 Å². The summed E-state index contributed by atoms with van der Waals surface area (Å²) in [5, 5.41) is 0. The molecule has 2 N–H and O–H groups in total. The Labute approximate surface area is 92.1 Å². The maximum absolute atomic E-state index is 11.7. The van der Waals surface area contributed by atoms with Crippen molar-refractivity contribution in [2.75, 3.05) is 27.3 Å². The van der Waals surface area contributed by atoms with Crippen LogP contribution in [0.4, 0.5) is 0 Å². The zero-order valence-corrected chi connectivity index (χ0v) is 9.74. The van der Waals surface area contributed by atoms with Crippen LogP contribution in [0, 0.1) is 0 Å². The number of methoxy groups -OCH3 is 1. The fraction of sp³-hybridized carbons (Fsp3) is 0.727. The molecule has 0 rings (SSSR count). The summed E-state index contributed by atoms with van der Waals surface area (Å²) in [7, 11) is 3.38. The lowest BCUT2D eigenvalue weighted by molar-refractivity contribution is -0.131. The van der Waals surface area contributed by atoms with E-state index in [1.807, 2.05) is 6.08 Å². The molecule has 4 nitrogen and oxygen atoms in total. The topological polar surface area (TPSA) is 55.6 Å². The van der Waals surface area contributed by atoms with Gasteiger partial charge in [-0.1, -0.05) is 6.08 Å². The summed E-state index contributed by atoms with van der Waals surface area (Å²) in [5.74, 6) is -0.0175. The smallest absolute Gasteiger partial charge is 0.239 e. The molecule has 0 saturated heterocycles. The first-order chi connectivity index (χ1) is 7.13. The Morgan fingerprint density at radius 2 is 2.33 bits per heavy atom. The predicted molar refractivity (Wildman–Crippen MR) is 61.5 cm³/mol. The Balaban J connectivity index is 3.79. The number of carbonyl (C=O) groups excluding carboxylic acids is 1. The van der Waals surface area contributed by atoms with Gasteiger partial charge in [0, 0.05) is 27.3 Å². The quantitative estimate of drug-likeness (QED) is 0.480. The van der Waals surface area contributed by atoms with Gasteiger partial charge in [-0.25, -0.2) is 0 Å². The number of nitrogens with zero attached hydrogens (tertiary/aromatic N) is 1. The van der Waals surface area contributed by atoms with E-state index >= 15 is 0 Å². The minimum Gasteiger partial charge on any atom is -0.385 e. The average Bonchev–Trinajstić information content (AvgIpc) is 2.24. The van der Waals surface area contributed by atoms with Crippen LogP contribution < -0.4 is 5.73 Å². The first kappa shape index (κ1) is 14.1. The minimum atomic E-state index is -0.446. The number of amides is 1. The summed E-state index contributed by atoms with van der Waals surface area (Å²) in [6.45, 7) is 4.88. The van der Waals surface area contributed by atoms with Gasteiger partial charge in [0.05, 0.1) is 6.04 Å². The highest BCUT2D eigenvalue weighted by Gasteiger charge is 2.16. The van der Waals surface area contributed by atoms with Gasteiger partial charge in [-0.3, -0.25) is 4.79 Å². The highest BCUT2D eigenvalue weighted by atomic mass is 16.5. The van der Waals surface area contributed by atoms with Gasteiger partial charge in [0.15, 0.2) is 0 Å². The van der Waals surface area contributed by atoms with E-state index in [9.17, 15) is 4.79 Å². The molecular formula is C11H22N2O2. The molecule has 1 amide bonds. The van der Waals surface area contributed by atoms with Crippen LogP contribution in [0.2, 0.25) is 0 Å². The highest BCUT2D eigenvalue weighted by Crippen LogP contribution is 1.98. The summed E-state index contributed by atoms with van der Waals surface area (Å²) in [5.41, 5.74) is 5.72. The van der Waals surface area contributed by atoms with Gasteiger partial charge in [0.25, 0.3) is 0 Å². The van der Waals surface area contributed by atoms with Crippen LogP contribution in [0.1, 0.15) is 19.3 Å². The lowest BCUT2D eigenvalue weighted by atomic mass is 10.2. The van der Waals surface area contributed by atoms with Gasteiger partial charge >= 0.3 is 0 Å². The molecule has 0 radical (unpaired) electrons. The summed E-state index contributed by atoms with van der Waals surface area (Å²) >= 11 is 0. The maximum Gasteiger partial charge on any atom is 0.239 e. The number of unbranched alkanes of at least 4 members (excludes halogenated alkanes) is 1. The maximum atomic E-state index is 11.7. The number of likely N-dealkylation sites (N-methyl/N-ethyl adjacent to an activating group) is 1. The van der Waals surface area contributed by atoms with Crippen LogP contribution in [-0.2, 0) is 9.53 Å². The van der Waals surface area contributed by atoms with Crippen molar-refractivity contribution in [1.29, 1.82) is 0 Å². The van der Waals surface area contributed by atoms with Crippen molar-refractivity contribution in [1.82, 2.24) is 4.90 Å². The van der Waals surface area contributed by atoms with Crippen LogP contribution in [0.15, 0.2) is 12.7 Å². The molecule has 0 heterocycles. The minimum absolute atomic E-state index is 0.0175. The van der Waals surface area contributed by atoms with E-state index in [1.165, 1.54) is 0 Å². The van der Waals surface area contributed by atoms with E-state index in [1.54, 1.807) is 19.1 Å². The van der Waals surface area contributed by atoms with Gasteiger partial charge < -0.3 is 15.4 Å². The lowest BCUT2D eigenvalue weighted by Gasteiger charge is -2.20. The Kier molecular flexibility index (Phi) is 7.95. The molecule has 15 heavy (non-hydrogen) atoms. The second-order valence-electron chi connectivity index (χ2n) is 3.58. The van der Waals surface area contributed by atoms with Crippen molar-refractivity contribution in [2.45, 2.75) is 25.3 Å². The fourth-order valence-electron chi connectivity index (χ4n) is 1.23. The Morgan fingerprint density at radius 3 is 2.87 bits per heavy atom. The zero-order valence-electron chi connectivity index (χ0n) is 9.74. The van der Waals surface area contributed by atoms with Crippen LogP contribution in [0.25, 0.3) is 0 Å². The van der Waals surface area contributed by atoms with Gasteiger partial charge in [-0.15, -0.1) is 6.58 Å². The van der Waals surface area contributed by atoms with E-state index in [0.717, 1.165) is 19.4 Å². The number of carbonyl (C=O) groups is 1. The van der Waals surface area contributed by atoms with E-state index < -0.39 is 6.04 Å². The third kappa shape index (κ3) is 6.25. The second kappa shape index (κ2) is 8.44. The van der Waals surface area contributed by atoms with Crippen LogP contribution >= 0.6 is 0 Å². The third-order valence-corrected chi connectivity index (χ3v) is 2.23. The number of rotatable bonds is 8. The largest absolute Gasteiger partial charge is 0.385 e. The number of hydrogen-bond acceptors (Lipinski definition) is 3. The molecule has 88 valence electrons. The van der Waals surface area contributed by atoms with E-state index in [2.05, 4.69) is 6.58 Å². The fourth-order valence-corrected chi connectivity index (χ4v) is 1.23. The Morgan fingerprint density at radius 1 is 1.67 bits per heavy atom. The molecular weight excluding hydrogens is 192 g/mol. The Bertz CT molecular complexity index is 195. The standard InChI is InChI=1S/C11H22N2O2/c1-4-5-6-8-13(2)11(14)10(12)7-9-15-3/h4,10H,1,5-9,12H2,2-3H3. The first-order valence-electron chi connectivity index (χ1n) is 5.23. The molecule has 0 spiro atoms. The number of nitrogens with two attached hydrogens (primary N) is 1. The normalized spacial score (nSPS) is 12.2. The third-order valence-electron chi connectivity index (χ3n) is 2.23. The van der Waals surface area contributed by atoms with E-state index in [4.69, 9.17) is 10.5 Å². The van der Waals surface area contributed by atoms with E-state index in [0.29, 0.717) is 13.0 Å². The zero-order chi connectivity index (χ0) is 11.7. The number of hydrogen-bond donors (Lipinski definition) is 1. The second-order valence-corrected chi connectivity index (χ2v) is 3.58. The first-order valence-corrected chi connectivity index (χ1v) is 5.23. The molecule has 0 fully saturated rings. The van der Waals surface area contributed by atoms with E-state index in [-0.39, 0.29) is 5.91 Å². The molecule has 0 aromatic carbocycles. The predicted octanol–water partition coefficient (Wildman–Crippen LogP) is 0.775. The molecule has 0 aliphatic heterocycles. The lowest BCUT2D eigenvalue weighted by Crippen LogP contribution is -2.42.